The Labute approximate surface area is 106 Å². The molecule has 4 nitrogen and oxygen atoms in total. The predicted octanol–water partition coefficient (Wildman–Crippen LogP) is 2.59. The van der Waals surface area contributed by atoms with E-state index in [0.29, 0.717) is 6.61 Å². The van der Waals surface area contributed by atoms with Gasteiger partial charge in [0, 0.05) is 17.8 Å². The number of nitrogen functional groups attached to an aromatic ring is 1. The fraction of sp³-hybridized carbons (Fsp3) is 0.143. The van der Waals surface area contributed by atoms with Gasteiger partial charge in [0.2, 0.25) is 5.95 Å². The van der Waals surface area contributed by atoms with E-state index in [9.17, 15) is 0 Å². The third-order valence-corrected chi connectivity index (χ3v) is 2.33. The Morgan fingerprint density at radius 1 is 1.28 bits per heavy atom. The van der Waals surface area contributed by atoms with Gasteiger partial charge in [-0.2, -0.15) is 0 Å². The van der Waals surface area contributed by atoms with E-state index in [1.807, 2.05) is 43.3 Å². The number of aromatic nitrogens is 2. The van der Waals surface area contributed by atoms with E-state index < -0.39 is 0 Å². The minimum absolute atomic E-state index is 0.257. The summed E-state index contributed by atoms with van der Waals surface area (Å²) in [6.07, 6.45) is 3.49. The fourth-order valence-electron chi connectivity index (χ4n) is 1.57. The summed E-state index contributed by atoms with van der Waals surface area (Å²) in [5.74, 6) is 1.03. The van der Waals surface area contributed by atoms with Crippen LogP contribution in [0, 0.1) is 0 Å². The van der Waals surface area contributed by atoms with Gasteiger partial charge < -0.3 is 10.5 Å². The molecule has 0 saturated carbocycles. The second-order valence-corrected chi connectivity index (χ2v) is 3.65. The zero-order valence-electron chi connectivity index (χ0n) is 10.2. The van der Waals surface area contributed by atoms with Gasteiger partial charge in [0.1, 0.15) is 5.76 Å². The molecule has 2 rings (SSSR count). The highest BCUT2D eigenvalue weighted by Gasteiger charge is 2.03. The van der Waals surface area contributed by atoms with Gasteiger partial charge in [-0.25, -0.2) is 9.97 Å². The average Bonchev–Trinajstić information content (AvgIpc) is 2.39. The molecule has 92 valence electrons. The molecule has 0 saturated heterocycles. The van der Waals surface area contributed by atoms with Crippen LogP contribution in [0.5, 0.6) is 0 Å². The molecule has 1 heterocycles. The first-order valence-corrected chi connectivity index (χ1v) is 5.78. The molecule has 4 heteroatoms. The third kappa shape index (κ3) is 3.07. The summed E-state index contributed by atoms with van der Waals surface area (Å²) in [4.78, 5) is 7.99. The number of rotatable bonds is 4. The lowest BCUT2D eigenvalue weighted by molar-refractivity contribution is 0.300. The standard InChI is InChI=1S/C14H15N3O/c1-2-18-13(11-6-4-3-5-7-11)10-12-8-9-16-14(15)17-12/h3-10H,2H2,1H3,(H2,15,16,17). The van der Waals surface area contributed by atoms with Crippen molar-refractivity contribution in [2.45, 2.75) is 6.92 Å². The van der Waals surface area contributed by atoms with Gasteiger partial charge in [0.15, 0.2) is 0 Å². The molecule has 0 bridgehead atoms. The highest BCUT2D eigenvalue weighted by atomic mass is 16.5. The molecule has 0 aliphatic rings. The Morgan fingerprint density at radius 2 is 2.06 bits per heavy atom. The van der Waals surface area contributed by atoms with Crippen molar-refractivity contribution < 1.29 is 4.74 Å². The smallest absolute Gasteiger partial charge is 0.220 e. The summed E-state index contributed by atoms with van der Waals surface area (Å²) in [7, 11) is 0. The monoisotopic (exact) mass is 241 g/mol. The van der Waals surface area contributed by atoms with E-state index in [0.717, 1.165) is 17.0 Å². The Kier molecular flexibility index (Phi) is 3.91. The number of hydrogen-bond acceptors (Lipinski definition) is 4. The SMILES string of the molecule is CCOC(=Cc1ccnc(N)n1)c1ccccc1. The van der Waals surface area contributed by atoms with Crippen LogP contribution in [0.3, 0.4) is 0 Å². The van der Waals surface area contributed by atoms with E-state index >= 15 is 0 Å². The number of nitrogens with two attached hydrogens (primary N) is 1. The van der Waals surface area contributed by atoms with Crippen LogP contribution in [0.2, 0.25) is 0 Å². The molecule has 0 aliphatic carbocycles. The molecule has 0 unspecified atom stereocenters. The van der Waals surface area contributed by atoms with Crippen LogP contribution in [0.25, 0.3) is 11.8 Å². The number of anilines is 1. The number of hydrogen-bond donors (Lipinski definition) is 1. The van der Waals surface area contributed by atoms with Crippen LogP contribution < -0.4 is 5.73 Å². The van der Waals surface area contributed by atoms with Crippen molar-refractivity contribution in [2.24, 2.45) is 0 Å². The van der Waals surface area contributed by atoms with Gasteiger partial charge in [-0.05, 0) is 13.0 Å². The quantitative estimate of drug-likeness (QED) is 0.836. The summed E-state index contributed by atoms with van der Waals surface area (Å²) >= 11 is 0. The van der Waals surface area contributed by atoms with Gasteiger partial charge in [0.05, 0.1) is 12.3 Å². The predicted molar refractivity (Wildman–Crippen MR) is 72.4 cm³/mol. The number of ether oxygens (including phenoxy) is 1. The highest BCUT2D eigenvalue weighted by molar-refractivity contribution is 5.76. The van der Waals surface area contributed by atoms with Gasteiger partial charge in [-0.1, -0.05) is 30.3 Å². The van der Waals surface area contributed by atoms with Crippen LogP contribution in [0.4, 0.5) is 5.95 Å². The van der Waals surface area contributed by atoms with Crippen molar-refractivity contribution in [3.05, 3.63) is 53.9 Å². The van der Waals surface area contributed by atoms with Crippen LogP contribution in [0.1, 0.15) is 18.2 Å². The summed E-state index contributed by atoms with van der Waals surface area (Å²) in [6.45, 7) is 2.55. The van der Waals surface area contributed by atoms with Gasteiger partial charge in [0.25, 0.3) is 0 Å². The molecule has 0 aliphatic heterocycles. The fourth-order valence-corrected chi connectivity index (χ4v) is 1.57. The van der Waals surface area contributed by atoms with Gasteiger partial charge in [-0.3, -0.25) is 0 Å². The number of benzene rings is 1. The molecule has 0 radical (unpaired) electrons. The minimum Gasteiger partial charge on any atom is -0.493 e. The maximum Gasteiger partial charge on any atom is 0.220 e. The van der Waals surface area contributed by atoms with Crippen molar-refractivity contribution in [3.63, 3.8) is 0 Å². The Morgan fingerprint density at radius 3 is 2.72 bits per heavy atom. The Balaban J connectivity index is 2.36. The summed E-state index contributed by atoms with van der Waals surface area (Å²) in [5, 5.41) is 0. The molecular weight excluding hydrogens is 226 g/mol. The maximum absolute atomic E-state index is 5.63. The second kappa shape index (κ2) is 5.82. The lowest BCUT2D eigenvalue weighted by atomic mass is 10.1. The molecule has 0 spiro atoms. The van der Waals surface area contributed by atoms with Crippen molar-refractivity contribution >= 4 is 17.8 Å². The molecule has 0 atom stereocenters. The van der Waals surface area contributed by atoms with Crippen molar-refractivity contribution in [3.8, 4) is 0 Å². The van der Waals surface area contributed by atoms with E-state index in [4.69, 9.17) is 10.5 Å². The van der Waals surface area contributed by atoms with Crippen molar-refractivity contribution in [1.29, 1.82) is 0 Å². The van der Waals surface area contributed by atoms with Crippen LogP contribution in [-0.2, 0) is 4.74 Å². The first kappa shape index (κ1) is 12.1. The zero-order valence-corrected chi connectivity index (χ0v) is 10.2. The molecular formula is C14H15N3O. The summed E-state index contributed by atoms with van der Waals surface area (Å²) < 4.78 is 5.63. The van der Waals surface area contributed by atoms with E-state index in [1.165, 1.54) is 0 Å². The minimum atomic E-state index is 0.257. The molecule has 2 N–H and O–H groups in total. The van der Waals surface area contributed by atoms with Crippen LogP contribution >= 0.6 is 0 Å². The molecule has 2 aromatic rings. The third-order valence-electron chi connectivity index (χ3n) is 2.33. The molecule has 0 fully saturated rings. The molecule has 18 heavy (non-hydrogen) atoms. The van der Waals surface area contributed by atoms with Crippen LogP contribution in [-0.4, -0.2) is 16.6 Å². The van der Waals surface area contributed by atoms with E-state index in [1.54, 1.807) is 12.3 Å². The van der Waals surface area contributed by atoms with Crippen LogP contribution in [0.15, 0.2) is 42.6 Å². The van der Waals surface area contributed by atoms with E-state index in [2.05, 4.69) is 9.97 Å². The first-order chi connectivity index (χ1) is 8.79. The lowest BCUT2D eigenvalue weighted by Gasteiger charge is -2.08. The topological polar surface area (TPSA) is 61.0 Å². The Bertz CT molecular complexity index is 538. The average molecular weight is 241 g/mol. The first-order valence-electron chi connectivity index (χ1n) is 5.78. The van der Waals surface area contributed by atoms with Gasteiger partial charge in [-0.15, -0.1) is 0 Å². The number of nitrogens with zero attached hydrogens (tertiary/aromatic N) is 2. The summed E-state index contributed by atoms with van der Waals surface area (Å²) in [5.41, 5.74) is 7.30. The normalized spacial score (nSPS) is 11.3. The maximum atomic E-state index is 5.63. The largest absolute Gasteiger partial charge is 0.493 e. The van der Waals surface area contributed by atoms with Crippen molar-refractivity contribution in [2.75, 3.05) is 12.3 Å². The highest BCUT2D eigenvalue weighted by Crippen LogP contribution is 2.18. The summed E-state index contributed by atoms with van der Waals surface area (Å²) in [6, 6.07) is 11.7. The Hall–Kier alpha value is -2.36. The second-order valence-electron chi connectivity index (χ2n) is 3.65. The van der Waals surface area contributed by atoms with E-state index in [-0.39, 0.29) is 5.95 Å². The van der Waals surface area contributed by atoms with Gasteiger partial charge >= 0.3 is 0 Å². The molecule has 1 aromatic carbocycles. The van der Waals surface area contributed by atoms with Crippen molar-refractivity contribution in [1.82, 2.24) is 9.97 Å². The lowest BCUT2D eigenvalue weighted by Crippen LogP contribution is -1.96. The molecule has 1 aromatic heterocycles. The zero-order chi connectivity index (χ0) is 12.8. The molecule has 0 amide bonds.